The first-order valence-electron chi connectivity index (χ1n) is 7.75. The summed E-state index contributed by atoms with van der Waals surface area (Å²) in [5.74, 6) is -2.13. The molecule has 25 heavy (non-hydrogen) atoms. The molecule has 1 aliphatic heterocycles. The van der Waals surface area contributed by atoms with Gasteiger partial charge < -0.3 is 15.0 Å². The molecule has 7 heteroatoms. The molecule has 1 aliphatic rings. The van der Waals surface area contributed by atoms with Crippen LogP contribution in [0.15, 0.2) is 48.5 Å². The largest absolute Gasteiger partial charge is 0.481 e. The van der Waals surface area contributed by atoms with E-state index in [-0.39, 0.29) is 42.9 Å². The lowest BCUT2D eigenvalue weighted by atomic mass is 9.99. The molecule has 1 heterocycles. The molecule has 0 bridgehead atoms. The molecule has 0 atom stereocenters. The lowest BCUT2D eigenvalue weighted by molar-refractivity contribution is -0.143. The fourth-order valence-corrected chi connectivity index (χ4v) is 2.44. The van der Waals surface area contributed by atoms with Crippen molar-refractivity contribution in [2.75, 3.05) is 25.0 Å². The molecular weight excluding hydrogens is 330 g/mol. The van der Waals surface area contributed by atoms with Crippen molar-refractivity contribution in [3.8, 4) is 5.75 Å². The Kier molecular flexibility index (Phi) is 4.92. The Bertz CT molecular complexity index is 791. The molecule has 3 rings (SSSR count). The first-order valence-corrected chi connectivity index (χ1v) is 7.75. The number of likely N-dealkylation sites (tertiary alicyclic amines) is 1. The van der Waals surface area contributed by atoms with Crippen molar-refractivity contribution < 1.29 is 23.1 Å². The van der Waals surface area contributed by atoms with E-state index < -0.39 is 17.6 Å². The molecule has 2 amide bonds. The summed E-state index contributed by atoms with van der Waals surface area (Å²) in [6.07, 6.45) is 0. The second kappa shape index (κ2) is 7.29. The second-order valence-corrected chi connectivity index (χ2v) is 5.68. The number of benzene rings is 2. The molecule has 2 aromatic carbocycles. The average molecular weight is 346 g/mol. The van der Waals surface area contributed by atoms with Crippen LogP contribution in [0.1, 0.15) is 0 Å². The van der Waals surface area contributed by atoms with Crippen molar-refractivity contribution in [2.24, 2.45) is 5.92 Å². The van der Waals surface area contributed by atoms with E-state index in [1.165, 1.54) is 41.3 Å². The van der Waals surface area contributed by atoms with Gasteiger partial charge in [-0.15, -0.1) is 0 Å². The first-order chi connectivity index (χ1) is 12.0. The fourth-order valence-electron chi connectivity index (χ4n) is 2.44. The zero-order chi connectivity index (χ0) is 17.8. The third kappa shape index (κ3) is 3.93. The minimum absolute atomic E-state index is 0.00483. The molecule has 0 aliphatic carbocycles. The molecule has 1 saturated heterocycles. The summed E-state index contributed by atoms with van der Waals surface area (Å²) >= 11 is 0. The molecule has 1 fully saturated rings. The van der Waals surface area contributed by atoms with Crippen LogP contribution in [0.3, 0.4) is 0 Å². The number of carbonyl (C=O) groups is 2. The van der Waals surface area contributed by atoms with Crippen LogP contribution in [0.4, 0.5) is 14.5 Å². The molecule has 0 unspecified atom stereocenters. The molecule has 5 nitrogen and oxygen atoms in total. The highest BCUT2D eigenvalue weighted by molar-refractivity contribution is 5.94. The van der Waals surface area contributed by atoms with Gasteiger partial charge in [-0.3, -0.25) is 9.59 Å². The number of rotatable bonds is 5. The van der Waals surface area contributed by atoms with E-state index in [1.807, 2.05) is 0 Å². The van der Waals surface area contributed by atoms with Gasteiger partial charge in [-0.2, -0.15) is 0 Å². The van der Waals surface area contributed by atoms with Crippen LogP contribution < -0.4 is 10.1 Å². The third-order valence-electron chi connectivity index (χ3n) is 3.92. The lowest BCUT2D eigenvalue weighted by Gasteiger charge is -2.38. The highest BCUT2D eigenvalue weighted by Crippen LogP contribution is 2.21. The van der Waals surface area contributed by atoms with Gasteiger partial charge in [0.15, 0.2) is 18.2 Å². The zero-order valence-corrected chi connectivity index (χ0v) is 13.2. The highest BCUT2D eigenvalue weighted by Gasteiger charge is 2.36. The van der Waals surface area contributed by atoms with Crippen LogP contribution >= 0.6 is 0 Å². The Morgan fingerprint density at radius 2 is 1.68 bits per heavy atom. The van der Waals surface area contributed by atoms with Gasteiger partial charge in [-0.05, 0) is 24.3 Å². The van der Waals surface area contributed by atoms with Crippen molar-refractivity contribution in [1.29, 1.82) is 0 Å². The summed E-state index contributed by atoms with van der Waals surface area (Å²) in [6, 6.07) is 11.7. The Morgan fingerprint density at radius 3 is 2.36 bits per heavy atom. The molecule has 0 radical (unpaired) electrons. The number of nitrogens with zero attached hydrogens (tertiary/aromatic N) is 1. The SMILES string of the molecule is O=C(Nc1ccccc1F)C1CN(C(=O)COc2ccccc2F)C1. The molecular formula is C18H16F2N2O3. The Balaban J connectivity index is 1.45. The Morgan fingerprint density at radius 1 is 1.04 bits per heavy atom. The number of para-hydroxylation sites is 2. The van der Waals surface area contributed by atoms with Crippen LogP contribution in [0.2, 0.25) is 0 Å². The minimum Gasteiger partial charge on any atom is -0.481 e. The number of ether oxygens (including phenoxy) is 1. The molecule has 130 valence electrons. The summed E-state index contributed by atoms with van der Waals surface area (Å²) in [5.41, 5.74) is 0.111. The van der Waals surface area contributed by atoms with Gasteiger partial charge in [-0.25, -0.2) is 8.78 Å². The van der Waals surface area contributed by atoms with Gasteiger partial charge in [0.05, 0.1) is 11.6 Å². The standard InChI is InChI=1S/C18H16F2N2O3/c19-13-5-1-3-7-15(13)21-18(24)12-9-22(10-12)17(23)11-25-16-8-4-2-6-14(16)20/h1-8,12H,9-11H2,(H,21,24). The van der Waals surface area contributed by atoms with Crippen LogP contribution in [-0.2, 0) is 9.59 Å². The van der Waals surface area contributed by atoms with Crippen molar-refractivity contribution in [3.05, 3.63) is 60.2 Å². The maximum absolute atomic E-state index is 13.5. The van der Waals surface area contributed by atoms with E-state index >= 15 is 0 Å². The maximum Gasteiger partial charge on any atom is 0.260 e. The van der Waals surface area contributed by atoms with E-state index in [1.54, 1.807) is 12.1 Å². The Hall–Kier alpha value is -2.96. The van der Waals surface area contributed by atoms with Crippen molar-refractivity contribution in [2.45, 2.75) is 0 Å². The number of hydrogen-bond donors (Lipinski definition) is 1. The van der Waals surface area contributed by atoms with Crippen molar-refractivity contribution >= 4 is 17.5 Å². The number of carbonyl (C=O) groups excluding carboxylic acids is 2. The quantitative estimate of drug-likeness (QED) is 0.905. The number of halogens is 2. The minimum atomic E-state index is -0.541. The summed E-state index contributed by atoms with van der Waals surface area (Å²) < 4.78 is 32.1. The molecule has 0 saturated carbocycles. The van der Waals surface area contributed by atoms with E-state index in [2.05, 4.69) is 5.32 Å². The van der Waals surface area contributed by atoms with Crippen LogP contribution in [-0.4, -0.2) is 36.4 Å². The first kappa shape index (κ1) is 16.9. The van der Waals surface area contributed by atoms with Gasteiger partial charge in [0, 0.05) is 13.1 Å². The van der Waals surface area contributed by atoms with Crippen LogP contribution in [0, 0.1) is 17.6 Å². The topological polar surface area (TPSA) is 58.6 Å². The predicted octanol–water partition coefficient (Wildman–Crippen LogP) is 2.44. The summed E-state index contributed by atoms with van der Waals surface area (Å²) in [4.78, 5) is 25.5. The van der Waals surface area contributed by atoms with E-state index in [9.17, 15) is 18.4 Å². The highest BCUT2D eigenvalue weighted by atomic mass is 19.1. The normalized spacial score (nSPS) is 13.9. The molecule has 0 aromatic heterocycles. The lowest BCUT2D eigenvalue weighted by Crippen LogP contribution is -2.55. The number of nitrogens with one attached hydrogen (secondary N) is 1. The Labute approximate surface area is 143 Å². The van der Waals surface area contributed by atoms with Crippen molar-refractivity contribution in [1.82, 2.24) is 4.90 Å². The van der Waals surface area contributed by atoms with Gasteiger partial charge in [0.25, 0.3) is 5.91 Å². The number of hydrogen-bond acceptors (Lipinski definition) is 3. The van der Waals surface area contributed by atoms with Gasteiger partial charge in [-0.1, -0.05) is 24.3 Å². The second-order valence-electron chi connectivity index (χ2n) is 5.68. The number of amides is 2. The van der Waals surface area contributed by atoms with Gasteiger partial charge in [0.2, 0.25) is 5.91 Å². The third-order valence-corrected chi connectivity index (χ3v) is 3.92. The monoisotopic (exact) mass is 346 g/mol. The predicted molar refractivity (Wildman–Crippen MR) is 87.0 cm³/mol. The zero-order valence-electron chi connectivity index (χ0n) is 13.2. The summed E-state index contributed by atoms with van der Waals surface area (Å²) in [7, 11) is 0. The van der Waals surface area contributed by atoms with E-state index in [4.69, 9.17) is 4.74 Å². The van der Waals surface area contributed by atoms with Gasteiger partial charge in [0.1, 0.15) is 5.82 Å². The number of anilines is 1. The summed E-state index contributed by atoms with van der Waals surface area (Å²) in [5, 5.41) is 2.50. The summed E-state index contributed by atoms with van der Waals surface area (Å²) in [6.45, 7) is 0.141. The van der Waals surface area contributed by atoms with Crippen LogP contribution in [0.25, 0.3) is 0 Å². The van der Waals surface area contributed by atoms with Gasteiger partial charge >= 0.3 is 0 Å². The van der Waals surface area contributed by atoms with Crippen molar-refractivity contribution in [3.63, 3.8) is 0 Å². The fraction of sp³-hybridized carbons (Fsp3) is 0.222. The molecule has 1 N–H and O–H groups in total. The maximum atomic E-state index is 13.5. The molecule has 0 spiro atoms. The van der Waals surface area contributed by atoms with Crippen LogP contribution in [0.5, 0.6) is 5.75 Å². The average Bonchev–Trinajstić information content (AvgIpc) is 2.55. The van der Waals surface area contributed by atoms with E-state index in [0.29, 0.717) is 0 Å². The molecule has 2 aromatic rings. The van der Waals surface area contributed by atoms with E-state index in [0.717, 1.165) is 0 Å². The smallest absolute Gasteiger partial charge is 0.260 e.